The van der Waals surface area contributed by atoms with Gasteiger partial charge in [-0.15, -0.1) is 0 Å². The summed E-state index contributed by atoms with van der Waals surface area (Å²) in [5.74, 6) is -1.25. The lowest BCUT2D eigenvalue weighted by Crippen LogP contribution is -2.35. The van der Waals surface area contributed by atoms with Gasteiger partial charge in [-0.25, -0.2) is 0 Å². The SMILES string of the molecule is O=C1C=CC(=O)N1Nc1cccc(C(F)(F)F)c1. The summed E-state index contributed by atoms with van der Waals surface area (Å²) in [6.07, 6.45) is -2.42. The number of anilines is 1. The summed E-state index contributed by atoms with van der Waals surface area (Å²) in [6, 6.07) is 4.23. The number of imide groups is 1. The maximum absolute atomic E-state index is 12.4. The predicted molar refractivity (Wildman–Crippen MR) is 56.1 cm³/mol. The lowest BCUT2D eigenvalue weighted by molar-refractivity contribution is -0.137. The lowest BCUT2D eigenvalue weighted by atomic mass is 10.2. The van der Waals surface area contributed by atoms with E-state index in [0.717, 1.165) is 24.3 Å². The van der Waals surface area contributed by atoms with Crippen LogP contribution in [0.5, 0.6) is 0 Å². The van der Waals surface area contributed by atoms with Gasteiger partial charge in [0.15, 0.2) is 0 Å². The molecule has 1 heterocycles. The Kier molecular flexibility index (Phi) is 2.82. The topological polar surface area (TPSA) is 49.4 Å². The number of rotatable bonds is 2. The van der Waals surface area contributed by atoms with Crippen molar-refractivity contribution in [1.29, 1.82) is 0 Å². The second-order valence-corrected chi connectivity index (χ2v) is 3.54. The van der Waals surface area contributed by atoms with Gasteiger partial charge in [0, 0.05) is 12.2 Å². The number of nitrogens with zero attached hydrogens (tertiary/aromatic N) is 1. The maximum atomic E-state index is 12.4. The van der Waals surface area contributed by atoms with Crippen molar-refractivity contribution in [1.82, 2.24) is 5.01 Å². The monoisotopic (exact) mass is 256 g/mol. The Balaban J connectivity index is 2.20. The Morgan fingerprint density at radius 2 is 1.67 bits per heavy atom. The van der Waals surface area contributed by atoms with Gasteiger partial charge in [-0.1, -0.05) is 6.07 Å². The number of benzene rings is 1. The van der Waals surface area contributed by atoms with E-state index in [0.29, 0.717) is 5.01 Å². The molecule has 0 aliphatic carbocycles. The van der Waals surface area contributed by atoms with Crippen molar-refractivity contribution < 1.29 is 22.8 Å². The molecule has 0 bridgehead atoms. The molecule has 1 aliphatic heterocycles. The molecule has 0 aromatic heterocycles. The zero-order valence-electron chi connectivity index (χ0n) is 8.86. The normalized spacial score (nSPS) is 15.4. The first-order valence-corrected chi connectivity index (χ1v) is 4.88. The molecule has 0 saturated carbocycles. The van der Waals surface area contributed by atoms with Crippen molar-refractivity contribution in [3.63, 3.8) is 0 Å². The zero-order valence-corrected chi connectivity index (χ0v) is 8.86. The number of alkyl halides is 3. The van der Waals surface area contributed by atoms with Crippen LogP contribution in [-0.4, -0.2) is 16.8 Å². The fourth-order valence-corrected chi connectivity index (χ4v) is 1.40. The second kappa shape index (κ2) is 4.17. The van der Waals surface area contributed by atoms with Crippen molar-refractivity contribution in [3.8, 4) is 0 Å². The van der Waals surface area contributed by atoms with Gasteiger partial charge in [-0.05, 0) is 18.2 Å². The number of nitrogens with one attached hydrogen (secondary N) is 1. The van der Waals surface area contributed by atoms with Crippen LogP contribution in [0.25, 0.3) is 0 Å². The fraction of sp³-hybridized carbons (Fsp3) is 0.0909. The predicted octanol–water partition coefficient (Wildman–Crippen LogP) is 1.96. The highest BCUT2D eigenvalue weighted by atomic mass is 19.4. The molecule has 0 spiro atoms. The van der Waals surface area contributed by atoms with Gasteiger partial charge >= 0.3 is 6.18 Å². The van der Waals surface area contributed by atoms with Gasteiger partial charge < -0.3 is 0 Å². The van der Waals surface area contributed by atoms with Gasteiger partial charge in [0.2, 0.25) is 0 Å². The lowest BCUT2D eigenvalue weighted by Gasteiger charge is -2.17. The molecular weight excluding hydrogens is 249 g/mol. The number of hydrogen-bond acceptors (Lipinski definition) is 3. The number of carbonyl (C=O) groups excluding carboxylic acids is 2. The highest BCUT2D eigenvalue weighted by Gasteiger charge is 2.31. The molecule has 4 nitrogen and oxygen atoms in total. The average molecular weight is 256 g/mol. The maximum Gasteiger partial charge on any atom is 0.416 e. The first-order chi connectivity index (χ1) is 8.38. The summed E-state index contributed by atoms with van der Waals surface area (Å²) >= 11 is 0. The number of amides is 2. The Morgan fingerprint density at radius 1 is 1.06 bits per heavy atom. The van der Waals surface area contributed by atoms with Crippen molar-refractivity contribution in [2.75, 3.05) is 5.43 Å². The van der Waals surface area contributed by atoms with Gasteiger partial charge in [0.05, 0.1) is 11.3 Å². The quantitative estimate of drug-likeness (QED) is 0.823. The molecule has 1 aliphatic rings. The highest BCUT2D eigenvalue weighted by Crippen LogP contribution is 2.30. The summed E-state index contributed by atoms with van der Waals surface area (Å²) < 4.78 is 37.3. The Hall–Kier alpha value is -2.31. The highest BCUT2D eigenvalue weighted by molar-refractivity contribution is 6.13. The molecule has 0 fully saturated rings. The average Bonchev–Trinajstić information content (AvgIpc) is 2.60. The van der Waals surface area contributed by atoms with Crippen LogP contribution in [0.1, 0.15) is 5.56 Å². The van der Waals surface area contributed by atoms with E-state index in [2.05, 4.69) is 5.43 Å². The van der Waals surface area contributed by atoms with Gasteiger partial charge in [-0.2, -0.15) is 18.2 Å². The van der Waals surface area contributed by atoms with Crippen LogP contribution in [0.2, 0.25) is 0 Å². The minimum absolute atomic E-state index is 0.00947. The van der Waals surface area contributed by atoms with Gasteiger partial charge in [-0.3, -0.25) is 15.0 Å². The third kappa shape index (κ3) is 2.34. The van der Waals surface area contributed by atoms with E-state index >= 15 is 0 Å². The van der Waals surface area contributed by atoms with Crippen LogP contribution in [0.3, 0.4) is 0 Å². The summed E-state index contributed by atoms with van der Waals surface area (Å²) in [4.78, 5) is 22.4. The summed E-state index contributed by atoms with van der Waals surface area (Å²) in [5.41, 5.74) is 1.47. The minimum atomic E-state index is -4.48. The van der Waals surface area contributed by atoms with E-state index in [1.165, 1.54) is 12.1 Å². The third-order valence-corrected chi connectivity index (χ3v) is 2.24. The first-order valence-electron chi connectivity index (χ1n) is 4.88. The van der Waals surface area contributed by atoms with Crippen molar-refractivity contribution >= 4 is 17.5 Å². The van der Waals surface area contributed by atoms with E-state index in [4.69, 9.17) is 0 Å². The molecule has 18 heavy (non-hydrogen) atoms. The van der Waals surface area contributed by atoms with Crippen LogP contribution in [-0.2, 0) is 15.8 Å². The van der Waals surface area contributed by atoms with Crippen LogP contribution in [0.15, 0.2) is 36.4 Å². The third-order valence-electron chi connectivity index (χ3n) is 2.24. The molecule has 2 amide bonds. The Bertz CT molecular complexity index is 519. The first kappa shape index (κ1) is 12.2. The van der Waals surface area contributed by atoms with Crippen LogP contribution < -0.4 is 5.43 Å². The van der Waals surface area contributed by atoms with Crippen LogP contribution in [0.4, 0.5) is 18.9 Å². The molecular formula is C11H7F3N2O2. The molecule has 1 aromatic rings. The smallest absolute Gasteiger partial charge is 0.288 e. The molecule has 7 heteroatoms. The van der Waals surface area contributed by atoms with Gasteiger partial charge in [0.25, 0.3) is 11.8 Å². The van der Waals surface area contributed by atoms with E-state index in [1.807, 2.05) is 0 Å². The van der Waals surface area contributed by atoms with Crippen molar-refractivity contribution in [3.05, 3.63) is 42.0 Å². The molecule has 0 radical (unpaired) electrons. The van der Waals surface area contributed by atoms with Gasteiger partial charge in [0.1, 0.15) is 0 Å². The second-order valence-electron chi connectivity index (χ2n) is 3.54. The summed E-state index contributed by atoms with van der Waals surface area (Å²) in [5, 5.41) is 0.634. The van der Waals surface area contributed by atoms with E-state index in [-0.39, 0.29) is 5.69 Å². The largest absolute Gasteiger partial charge is 0.416 e. The number of halogens is 3. The fourth-order valence-electron chi connectivity index (χ4n) is 1.40. The Morgan fingerprint density at radius 3 is 2.22 bits per heavy atom. The molecule has 0 atom stereocenters. The molecule has 1 aromatic carbocycles. The van der Waals surface area contributed by atoms with E-state index in [1.54, 1.807) is 0 Å². The number of carbonyl (C=O) groups is 2. The van der Waals surface area contributed by atoms with Crippen molar-refractivity contribution in [2.24, 2.45) is 0 Å². The summed E-state index contributed by atoms with van der Waals surface area (Å²) in [6.45, 7) is 0. The van der Waals surface area contributed by atoms with E-state index in [9.17, 15) is 22.8 Å². The standard InChI is InChI=1S/C11H7F3N2O2/c12-11(13,14)7-2-1-3-8(6-7)15-16-9(17)4-5-10(16)18/h1-6,15H. The minimum Gasteiger partial charge on any atom is -0.288 e. The number of hydrogen-bond donors (Lipinski definition) is 1. The molecule has 0 saturated heterocycles. The van der Waals surface area contributed by atoms with Crippen LogP contribution >= 0.6 is 0 Å². The summed E-state index contributed by atoms with van der Waals surface area (Å²) in [7, 11) is 0. The number of hydrazine groups is 1. The van der Waals surface area contributed by atoms with Crippen molar-refractivity contribution in [2.45, 2.75) is 6.18 Å². The van der Waals surface area contributed by atoms with Crippen LogP contribution in [0, 0.1) is 0 Å². The Labute approximate surface area is 99.7 Å². The molecule has 94 valence electrons. The molecule has 1 N–H and O–H groups in total. The zero-order chi connectivity index (χ0) is 13.3. The molecule has 0 unspecified atom stereocenters. The van der Waals surface area contributed by atoms with E-state index < -0.39 is 23.6 Å². The molecule has 2 rings (SSSR count).